The van der Waals surface area contributed by atoms with Gasteiger partial charge in [0.25, 0.3) is 5.92 Å². The van der Waals surface area contributed by atoms with Crippen LogP contribution in [0.1, 0.15) is 20.3 Å². The van der Waals surface area contributed by atoms with Crippen LogP contribution in [0.3, 0.4) is 0 Å². The summed E-state index contributed by atoms with van der Waals surface area (Å²) < 4.78 is 24.6. The molecule has 0 fully saturated rings. The van der Waals surface area contributed by atoms with Crippen molar-refractivity contribution in [3.05, 3.63) is 0 Å². The first kappa shape index (κ1) is 6.65. The van der Waals surface area contributed by atoms with Gasteiger partial charge in [-0.15, -0.1) is 0 Å². The lowest BCUT2D eigenvalue weighted by Crippen LogP contribution is -2.21. The molecule has 52 valence electrons. The molecule has 1 rings (SSSR count). The van der Waals surface area contributed by atoms with Gasteiger partial charge in [-0.25, -0.2) is 8.78 Å². The molecule has 0 aliphatic carbocycles. The molecule has 0 saturated heterocycles. The lowest BCUT2D eigenvalue weighted by molar-refractivity contribution is 0.0683. The van der Waals surface area contributed by atoms with Crippen LogP contribution in [0.4, 0.5) is 8.78 Å². The van der Waals surface area contributed by atoms with E-state index >= 15 is 0 Å². The zero-order chi connectivity index (χ0) is 7.12. The maximum Gasteiger partial charge on any atom is 0.284 e. The summed E-state index contributed by atoms with van der Waals surface area (Å²) in [4.78, 5) is 3.65. The summed E-state index contributed by atoms with van der Waals surface area (Å²) >= 11 is 0. The van der Waals surface area contributed by atoms with Crippen LogP contribution in [0.2, 0.25) is 0 Å². The fourth-order valence-electron chi connectivity index (χ4n) is 0.937. The Morgan fingerprint density at radius 2 is 2.00 bits per heavy atom. The number of nitrogens with zero attached hydrogens (tertiary/aromatic N) is 1. The van der Waals surface area contributed by atoms with Crippen LogP contribution < -0.4 is 0 Å². The van der Waals surface area contributed by atoms with Gasteiger partial charge in [0.05, 0.1) is 11.8 Å². The number of halogens is 2. The first-order valence-electron chi connectivity index (χ1n) is 2.86. The third kappa shape index (κ3) is 1.47. The molecule has 0 aromatic rings. The Labute approximate surface area is 52.8 Å². The van der Waals surface area contributed by atoms with Gasteiger partial charge in [0.2, 0.25) is 0 Å². The van der Waals surface area contributed by atoms with Crippen LogP contribution >= 0.6 is 0 Å². The molecule has 0 bridgehead atoms. The second-order valence-electron chi connectivity index (χ2n) is 3.01. The van der Waals surface area contributed by atoms with Gasteiger partial charge in [-0.1, -0.05) is 0 Å². The monoisotopic (exact) mass is 133 g/mol. The molecular weight excluding hydrogens is 124 g/mol. The molecule has 0 saturated carbocycles. The van der Waals surface area contributed by atoms with E-state index in [-0.39, 0.29) is 6.42 Å². The largest absolute Gasteiger partial charge is 0.285 e. The third-order valence-electron chi connectivity index (χ3n) is 1.27. The van der Waals surface area contributed by atoms with E-state index in [1.54, 1.807) is 13.8 Å². The summed E-state index contributed by atoms with van der Waals surface area (Å²) in [6.45, 7) is 3.40. The SMILES string of the molecule is CC1(C)CC(F)(F)C=N1. The van der Waals surface area contributed by atoms with E-state index in [1.165, 1.54) is 0 Å². The number of aliphatic imine (C=N–C) groups is 1. The molecule has 0 amide bonds. The first-order chi connectivity index (χ1) is 3.91. The molecule has 1 aliphatic heterocycles. The summed E-state index contributed by atoms with van der Waals surface area (Å²) in [5.41, 5.74) is -0.552. The molecule has 0 radical (unpaired) electrons. The van der Waals surface area contributed by atoms with E-state index in [0.717, 1.165) is 6.21 Å². The predicted molar refractivity (Wildman–Crippen MR) is 32.1 cm³/mol. The normalized spacial score (nSPS) is 28.9. The molecule has 0 N–H and O–H groups in total. The van der Waals surface area contributed by atoms with Crippen molar-refractivity contribution in [3.8, 4) is 0 Å². The van der Waals surface area contributed by atoms with Crippen molar-refractivity contribution >= 4 is 6.21 Å². The van der Waals surface area contributed by atoms with Crippen LogP contribution in [0, 0.1) is 0 Å². The summed E-state index contributed by atoms with van der Waals surface area (Å²) in [6.07, 6.45) is 0.590. The highest BCUT2D eigenvalue weighted by Gasteiger charge is 2.40. The quantitative estimate of drug-likeness (QED) is 0.478. The number of hydrogen-bond donors (Lipinski definition) is 0. The van der Waals surface area contributed by atoms with E-state index in [2.05, 4.69) is 4.99 Å². The van der Waals surface area contributed by atoms with Crippen molar-refractivity contribution in [2.45, 2.75) is 31.7 Å². The van der Waals surface area contributed by atoms with Gasteiger partial charge >= 0.3 is 0 Å². The lowest BCUT2D eigenvalue weighted by Gasteiger charge is -2.13. The maximum atomic E-state index is 12.3. The van der Waals surface area contributed by atoms with Gasteiger partial charge in [-0.3, -0.25) is 4.99 Å². The second-order valence-corrected chi connectivity index (χ2v) is 3.01. The molecule has 0 unspecified atom stereocenters. The zero-order valence-corrected chi connectivity index (χ0v) is 5.49. The standard InChI is InChI=1S/C6H9F2N/c1-5(2)3-6(7,8)4-9-5/h4H,3H2,1-2H3. The van der Waals surface area contributed by atoms with Crippen LogP contribution in [-0.4, -0.2) is 17.7 Å². The van der Waals surface area contributed by atoms with Crippen LogP contribution in [-0.2, 0) is 0 Å². The molecular formula is C6H9F2N. The van der Waals surface area contributed by atoms with Crippen molar-refractivity contribution in [2.24, 2.45) is 4.99 Å². The molecule has 0 aromatic heterocycles. The van der Waals surface area contributed by atoms with E-state index in [9.17, 15) is 8.78 Å². The topological polar surface area (TPSA) is 12.4 Å². The number of hydrogen-bond acceptors (Lipinski definition) is 1. The third-order valence-corrected chi connectivity index (χ3v) is 1.27. The Morgan fingerprint density at radius 1 is 1.44 bits per heavy atom. The van der Waals surface area contributed by atoms with Gasteiger partial charge in [-0.2, -0.15) is 0 Å². The highest BCUT2D eigenvalue weighted by atomic mass is 19.3. The minimum Gasteiger partial charge on any atom is -0.285 e. The van der Waals surface area contributed by atoms with Crippen molar-refractivity contribution < 1.29 is 8.78 Å². The first-order valence-corrected chi connectivity index (χ1v) is 2.86. The Kier molecular flexibility index (Phi) is 1.12. The predicted octanol–water partition coefficient (Wildman–Crippen LogP) is 1.87. The smallest absolute Gasteiger partial charge is 0.284 e. The van der Waals surface area contributed by atoms with Crippen molar-refractivity contribution in [1.29, 1.82) is 0 Å². The molecule has 1 nitrogen and oxygen atoms in total. The van der Waals surface area contributed by atoms with E-state index < -0.39 is 11.5 Å². The van der Waals surface area contributed by atoms with Crippen molar-refractivity contribution in [3.63, 3.8) is 0 Å². The Balaban J connectivity index is 2.71. The lowest BCUT2D eigenvalue weighted by atomic mass is 10.0. The number of rotatable bonds is 0. The van der Waals surface area contributed by atoms with Gasteiger partial charge < -0.3 is 0 Å². The summed E-state index contributed by atoms with van der Waals surface area (Å²) in [5.74, 6) is -2.66. The Morgan fingerprint density at radius 3 is 2.11 bits per heavy atom. The van der Waals surface area contributed by atoms with Crippen LogP contribution in [0.5, 0.6) is 0 Å². The van der Waals surface area contributed by atoms with Crippen LogP contribution in [0.25, 0.3) is 0 Å². The van der Waals surface area contributed by atoms with Crippen LogP contribution in [0.15, 0.2) is 4.99 Å². The zero-order valence-electron chi connectivity index (χ0n) is 5.49. The van der Waals surface area contributed by atoms with E-state index in [0.29, 0.717) is 0 Å². The fourth-order valence-corrected chi connectivity index (χ4v) is 0.937. The summed E-state index contributed by atoms with van der Waals surface area (Å²) in [7, 11) is 0. The summed E-state index contributed by atoms with van der Waals surface area (Å²) in [6, 6.07) is 0. The van der Waals surface area contributed by atoms with Gasteiger partial charge in [0, 0.05) is 6.42 Å². The van der Waals surface area contributed by atoms with Gasteiger partial charge in [0.1, 0.15) is 0 Å². The maximum absolute atomic E-state index is 12.3. The van der Waals surface area contributed by atoms with Gasteiger partial charge in [0.15, 0.2) is 0 Å². The highest BCUT2D eigenvalue weighted by Crippen LogP contribution is 2.32. The van der Waals surface area contributed by atoms with Gasteiger partial charge in [-0.05, 0) is 13.8 Å². The molecule has 3 heteroatoms. The molecule has 0 atom stereocenters. The fraction of sp³-hybridized carbons (Fsp3) is 0.833. The average Bonchev–Trinajstić information content (AvgIpc) is 1.78. The average molecular weight is 133 g/mol. The Bertz CT molecular complexity index is 133. The molecule has 1 aliphatic rings. The Hall–Kier alpha value is -0.470. The number of alkyl halides is 2. The highest BCUT2D eigenvalue weighted by molar-refractivity contribution is 5.69. The molecule has 0 spiro atoms. The van der Waals surface area contributed by atoms with E-state index in [4.69, 9.17) is 0 Å². The molecule has 1 heterocycles. The van der Waals surface area contributed by atoms with E-state index in [1.807, 2.05) is 0 Å². The second kappa shape index (κ2) is 1.52. The van der Waals surface area contributed by atoms with Crippen molar-refractivity contribution in [1.82, 2.24) is 0 Å². The minimum absolute atomic E-state index is 0.153. The summed E-state index contributed by atoms with van der Waals surface area (Å²) in [5, 5.41) is 0. The molecule has 0 aromatic carbocycles. The minimum atomic E-state index is -2.66. The van der Waals surface area contributed by atoms with Crippen molar-refractivity contribution in [2.75, 3.05) is 0 Å². The molecule has 9 heavy (non-hydrogen) atoms.